The minimum absolute atomic E-state index is 0.00197. The average molecular weight is 311 g/mol. The van der Waals surface area contributed by atoms with Gasteiger partial charge in [-0.2, -0.15) is 4.98 Å². The van der Waals surface area contributed by atoms with Crippen molar-refractivity contribution in [3.05, 3.63) is 46.0 Å². The van der Waals surface area contributed by atoms with Crippen LogP contribution in [0.25, 0.3) is 0 Å². The molecule has 0 atom stereocenters. The average Bonchev–Trinajstić information content (AvgIpc) is 2.76. The molecule has 18 heavy (non-hydrogen) atoms. The summed E-state index contributed by atoms with van der Waals surface area (Å²) in [7, 11) is 1.32. The van der Waals surface area contributed by atoms with Crippen molar-refractivity contribution in [3.63, 3.8) is 0 Å². The minimum atomic E-state index is -0.396. The second kappa shape index (κ2) is 5.77. The monoisotopic (exact) mass is 310 g/mol. The summed E-state index contributed by atoms with van der Waals surface area (Å²) in [6.07, 6.45) is 0.562. The van der Waals surface area contributed by atoms with E-state index in [4.69, 9.17) is 4.52 Å². The Hall–Kier alpha value is -1.69. The van der Waals surface area contributed by atoms with Crippen molar-refractivity contribution in [2.24, 2.45) is 0 Å². The molecule has 0 aliphatic heterocycles. The Morgan fingerprint density at radius 1 is 1.50 bits per heavy atom. The molecule has 2 rings (SSSR count). The summed E-state index contributed by atoms with van der Waals surface area (Å²) < 4.78 is 10.5. The highest BCUT2D eigenvalue weighted by molar-refractivity contribution is 9.10. The fourth-order valence-corrected chi connectivity index (χ4v) is 1.91. The van der Waals surface area contributed by atoms with Crippen molar-refractivity contribution in [2.45, 2.75) is 12.8 Å². The number of benzene rings is 1. The lowest BCUT2D eigenvalue weighted by Gasteiger charge is -1.96. The predicted octanol–water partition coefficient (Wildman–Crippen LogP) is 2.14. The molecule has 5 nitrogen and oxygen atoms in total. The first-order valence-electron chi connectivity index (χ1n) is 5.30. The van der Waals surface area contributed by atoms with E-state index in [0.29, 0.717) is 12.2 Å². The highest BCUT2D eigenvalue weighted by Crippen LogP contribution is 2.14. The molecule has 0 unspecified atom stereocenters. The number of hydrogen-bond donors (Lipinski definition) is 0. The van der Waals surface area contributed by atoms with Crippen molar-refractivity contribution in [1.82, 2.24) is 10.1 Å². The first-order chi connectivity index (χ1) is 8.67. The van der Waals surface area contributed by atoms with Crippen LogP contribution in [0.2, 0.25) is 0 Å². The van der Waals surface area contributed by atoms with Crippen molar-refractivity contribution >= 4 is 21.9 Å². The molecule has 0 bridgehead atoms. The maximum absolute atomic E-state index is 11.0. The van der Waals surface area contributed by atoms with E-state index in [1.54, 1.807) is 0 Å². The summed E-state index contributed by atoms with van der Waals surface area (Å²) in [6, 6.07) is 7.84. The van der Waals surface area contributed by atoms with Crippen molar-refractivity contribution in [2.75, 3.05) is 7.11 Å². The van der Waals surface area contributed by atoms with Crippen molar-refractivity contribution < 1.29 is 14.1 Å². The lowest BCUT2D eigenvalue weighted by atomic mass is 10.1. The smallest absolute Gasteiger partial charge is 0.315 e. The van der Waals surface area contributed by atoms with E-state index in [1.165, 1.54) is 7.11 Å². The molecule has 0 saturated carbocycles. The molecule has 1 heterocycles. The summed E-state index contributed by atoms with van der Waals surface area (Å²) in [5, 5.41) is 3.82. The third-order valence-electron chi connectivity index (χ3n) is 2.28. The van der Waals surface area contributed by atoms with Gasteiger partial charge in [0.25, 0.3) is 0 Å². The Balaban J connectivity index is 2.04. The molecule has 0 N–H and O–H groups in total. The Bertz CT molecular complexity index is 554. The second-order valence-electron chi connectivity index (χ2n) is 3.66. The van der Waals surface area contributed by atoms with Crippen LogP contribution in [0.4, 0.5) is 0 Å². The number of halogens is 1. The van der Waals surface area contributed by atoms with Gasteiger partial charge in [0.2, 0.25) is 5.89 Å². The largest absolute Gasteiger partial charge is 0.469 e. The maximum atomic E-state index is 11.0. The quantitative estimate of drug-likeness (QED) is 0.809. The molecular formula is C12H11BrN2O3. The number of ether oxygens (including phenoxy) is 1. The Morgan fingerprint density at radius 2 is 2.33 bits per heavy atom. The minimum Gasteiger partial charge on any atom is -0.469 e. The fourth-order valence-electron chi connectivity index (χ4n) is 1.46. The Morgan fingerprint density at radius 3 is 3.06 bits per heavy atom. The van der Waals surface area contributed by atoms with E-state index < -0.39 is 5.97 Å². The van der Waals surface area contributed by atoms with Crippen LogP contribution in [0.15, 0.2) is 33.3 Å². The SMILES string of the molecule is COC(=O)Cc1nc(Cc2cccc(Br)c2)no1. The molecule has 0 aliphatic rings. The predicted molar refractivity (Wildman–Crippen MR) is 67.0 cm³/mol. The van der Waals surface area contributed by atoms with Gasteiger partial charge in [-0.25, -0.2) is 0 Å². The van der Waals surface area contributed by atoms with Crippen molar-refractivity contribution in [1.29, 1.82) is 0 Å². The van der Waals surface area contributed by atoms with Crippen LogP contribution in [0, 0.1) is 0 Å². The van der Waals surface area contributed by atoms with E-state index in [-0.39, 0.29) is 12.3 Å². The van der Waals surface area contributed by atoms with Crippen LogP contribution in [-0.4, -0.2) is 23.2 Å². The van der Waals surface area contributed by atoms with Gasteiger partial charge in [0.05, 0.1) is 7.11 Å². The number of carbonyl (C=O) groups excluding carboxylic acids is 1. The molecule has 0 saturated heterocycles. The normalized spacial score (nSPS) is 10.3. The number of rotatable bonds is 4. The zero-order chi connectivity index (χ0) is 13.0. The highest BCUT2D eigenvalue weighted by Gasteiger charge is 2.11. The van der Waals surface area contributed by atoms with Gasteiger partial charge in [0.15, 0.2) is 5.82 Å². The second-order valence-corrected chi connectivity index (χ2v) is 4.58. The summed E-state index contributed by atoms with van der Waals surface area (Å²) in [5.74, 6) is 0.423. The molecular weight excluding hydrogens is 300 g/mol. The molecule has 1 aromatic heterocycles. The van der Waals surface area contributed by atoms with Gasteiger partial charge in [-0.3, -0.25) is 4.79 Å². The topological polar surface area (TPSA) is 65.2 Å². The zero-order valence-corrected chi connectivity index (χ0v) is 11.3. The standard InChI is InChI=1S/C12H11BrN2O3/c1-17-12(16)7-11-14-10(15-18-11)6-8-3-2-4-9(13)5-8/h2-5H,6-7H2,1H3. The van der Waals surface area contributed by atoms with E-state index in [2.05, 4.69) is 30.8 Å². The van der Waals surface area contributed by atoms with Crippen LogP contribution < -0.4 is 0 Å². The summed E-state index contributed by atoms with van der Waals surface area (Å²) >= 11 is 3.40. The number of carbonyl (C=O) groups is 1. The number of esters is 1. The Labute approximate surface area is 112 Å². The first kappa shape index (κ1) is 12.8. The number of nitrogens with zero attached hydrogens (tertiary/aromatic N) is 2. The molecule has 6 heteroatoms. The van der Waals surface area contributed by atoms with Gasteiger partial charge in [-0.1, -0.05) is 33.2 Å². The molecule has 0 radical (unpaired) electrons. The zero-order valence-electron chi connectivity index (χ0n) is 9.72. The first-order valence-corrected chi connectivity index (χ1v) is 6.09. The van der Waals surface area contributed by atoms with Crippen LogP contribution >= 0.6 is 15.9 Å². The van der Waals surface area contributed by atoms with Gasteiger partial charge in [0.1, 0.15) is 6.42 Å². The third kappa shape index (κ3) is 3.40. The summed E-state index contributed by atoms with van der Waals surface area (Å²) in [6.45, 7) is 0. The van der Waals surface area contributed by atoms with Crippen LogP contribution in [0.3, 0.4) is 0 Å². The lowest BCUT2D eigenvalue weighted by Crippen LogP contribution is -2.04. The Kier molecular flexibility index (Phi) is 4.09. The fraction of sp³-hybridized carbons (Fsp3) is 0.250. The molecule has 0 aliphatic carbocycles. The number of hydrogen-bond acceptors (Lipinski definition) is 5. The van der Waals surface area contributed by atoms with E-state index in [1.807, 2.05) is 24.3 Å². The van der Waals surface area contributed by atoms with Crippen molar-refractivity contribution in [3.8, 4) is 0 Å². The van der Waals surface area contributed by atoms with Gasteiger partial charge in [0, 0.05) is 10.9 Å². The third-order valence-corrected chi connectivity index (χ3v) is 2.78. The van der Waals surface area contributed by atoms with E-state index in [9.17, 15) is 4.79 Å². The van der Waals surface area contributed by atoms with E-state index in [0.717, 1.165) is 10.0 Å². The van der Waals surface area contributed by atoms with Crippen LogP contribution in [-0.2, 0) is 22.4 Å². The lowest BCUT2D eigenvalue weighted by molar-refractivity contribution is -0.140. The van der Waals surface area contributed by atoms with Gasteiger partial charge in [-0.15, -0.1) is 0 Å². The molecule has 0 amide bonds. The molecule has 94 valence electrons. The highest BCUT2D eigenvalue weighted by atomic mass is 79.9. The molecule has 0 spiro atoms. The van der Waals surface area contributed by atoms with Crippen LogP contribution in [0.5, 0.6) is 0 Å². The van der Waals surface area contributed by atoms with Gasteiger partial charge in [-0.05, 0) is 17.7 Å². The summed E-state index contributed by atoms with van der Waals surface area (Å²) in [5.41, 5.74) is 1.06. The van der Waals surface area contributed by atoms with E-state index >= 15 is 0 Å². The number of methoxy groups -OCH3 is 1. The molecule has 1 aromatic carbocycles. The molecule has 2 aromatic rings. The number of aromatic nitrogens is 2. The van der Waals surface area contributed by atoms with Gasteiger partial charge < -0.3 is 9.26 Å². The van der Waals surface area contributed by atoms with Crippen LogP contribution in [0.1, 0.15) is 17.3 Å². The summed E-state index contributed by atoms with van der Waals surface area (Å²) in [4.78, 5) is 15.2. The maximum Gasteiger partial charge on any atom is 0.315 e. The van der Waals surface area contributed by atoms with Gasteiger partial charge >= 0.3 is 5.97 Å². The molecule has 0 fully saturated rings.